The van der Waals surface area contributed by atoms with Gasteiger partial charge in [-0.15, -0.1) is 0 Å². The molecule has 1 aromatic rings. The third-order valence-corrected chi connectivity index (χ3v) is 3.64. The zero-order valence-electron chi connectivity index (χ0n) is 12.2. The van der Waals surface area contributed by atoms with Crippen LogP contribution in [0.4, 0.5) is 0 Å². The number of aliphatic hydroxyl groups excluding tert-OH is 1. The number of esters is 1. The second-order valence-electron chi connectivity index (χ2n) is 5.17. The van der Waals surface area contributed by atoms with Gasteiger partial charge in [-0.2, -0.15) is 0 Å². The highest BCUT2D eigenvalue weighted by Gasteiger charge is 2.40. The number of nitrogens with zero attached hydrogens (tertiary/aromatic N) is 2. The van der Waals surface area contributed by atoms with Crippen LogP contribution in [0.5, 0.6) is 0 Å². The van der Waals surface area contributed by atoms with Crippen LogP contribution in [0.1, 0.15) is 34.2 Å². The van der Waals surface area contributed by atoms with Crippen molar-refractivity contribution in [3.05, 3.63) is 23.5 Å². The number of aliphatic hydroxyl groups is 1. The normalized spacial score (nSPS) is 21.4. The SMILES string of the molecule is COC(=O)C1CC(O)CN1C(=O)c1cc(C(C)=O)cn1C. The quantitative estimate of drug-likeness (QED) is 0.625. The molecule has 7 nitrogen and oxygen atoms in total. The van der Waals surface area contributed by atoms with Crippen molar-refractivity contribution in [2.24, 2.45) is 7.05 Å². The molecule has 0 aliphatic carbocycles. The number of aromatic nitrogens is 1. The first-order chi connectivity index (χ1) is 9.85. The third kappa shape index (κ3) is 2.82. The van der Waals surface area contributed by atoms with E-state index in [0.717, 1.165) is 0 Å². The van der Waals surface area contributed by atoms with E-state index in [1.165, 1.54) is 29.6 Å². The average molecular weight is 294 g/mol. The lowest BCUT2D eigenvalue weighted by Crippen LogP contribution is -2.41. The number of hydrogen-bond donors (Lipinski definition) is 1. The maximum absolute atomic E-state index is 12.6. The number of aryl methyl sites for hydroxylation is 1. The Balaban J connectivity index is 2.30. The van der Waals surface area contributed by atoms with Gasteiger partial charge in [0.1, 0.15) is 11.7 Å². The predicted molar refractivity (Wildman–Crippen MR) is 72.9 cm³/mol. The van der Waals surface area contributed by atoms with E-state index in [0.29, 0.717) is 11.3 Å². The Morgan fingerprint density at radius 1 is 1.38 bits per heavy atom. The molecule has 114 valence electrons. The number of Topliss-reactive ketones (excluding diaryl/α,β-unsaturated/α-hetero) is 1. The van der Waals surface area contributed by atoms with E-state index in [4.69, 9.17) is 0 Å². The Morgan fingerprint density at radius 2 is 2.05 bits per heavy atom. The summed E-state index contributed by atoms with van der Waals surface area (Å²) in [6.07, 6.45) is 0.961. The fourth-order valence-corrected chi connectivity index (χ4v) is 2.51. The van der Waals surface area contributed by atoms with Crippen LogP contribution in [0.2, 0.25) is 0 Å². The summed E-state index contributed by atoms with van der Waals surface area (Å²) < 4.78 is 6.21. The lowest BCUT2D eigenvalue weighted by molar-refractivity contribution is -0.145. The smallest absolute Gasteiger partial charge is 0.328 e. The van der Waals surface area contributed by atoms with Crippen LogP contribution in [0.25, 0.3) is 0 Å². The fourth-order valence-electron chi connectivity index (χ4n) is 2.51. The topological polar surface area (TPSA) is 88.8 Å². The van der Waals surface area contributed by atoms with Crippen LogP contribution >= 0.6 is 0 Å². The molecule has 7 heteroatoms. The highest BCUT2D eigenvalue weighted by atomic mass is 16.5. The Morgan fingerprint density at radius 3 is 2.57 bits per heavy atom. The van der Waals surface area contributed by atoms with Crippen LogP contribution in [0, 0.1) is 0 Å². The monoisotopic (exact) mass is 294 g/mol. The van der Waals surface area contributed by atoms with Gasteiger partial charge in [-0.1, -0.05) is 0 Å². The van der Waals surface area contributed by atoms with Crippen molar-refractivity contribution in [3.8, 4) is 0 Å². The molecule has 1 N–H and O–H groups in total. The minimum atomic E-state index is -0.798. The number of ketones is 1. The van der Waals surface area contributed by atoms with Crippen molar-refractivity contribution in [1.82, 2.24) is 9.47 Å². The molecule has 0 saturated carbocycles. The molecule has 0 radical (unpaired) electrons. The molecule has 2 atom stereocenters. The Bertz CT molecular complexity index is 592. The number of likely N-dealkylation sites (tertiary alicyclic amines) is 1. The van der Waals surface area contributed by atoms with Gasteiger partial charge < -0.3 is 19.3 Å². The molecule has 1 aliphatic rings. The maximum atomic E-state index is 12.6. The lowest BCUT2D eigenvalue weighted by Gasteiger charge is -2.22. The number of ether oxygens (including phenoxy) is 1. The van der Waals surface area contributed by atoms with Crippen LogP contribution < -0.4 is 0 Å². The van der Waals surface area contributed by atoms with Crippen molar-refractivity contribution in [1.29, 1.82) is 0 Å². The highest BCUT2D eigenvalue weighted by molar-refractivity contribution is 6.00. The number of carbonyl (C=O) groups excluding carboxylic acids is 3. The van der Waals surface area contributed by atoms with E-state index in [-0.39, 0.29) is 18.7 Å². The second-order valence-corrected chi connectivity index (χ2v) is 5.17. The van der Waals surface area contributed by atoms with Gasteiger partial charge >= 0.3 is 5.97 Å². The van der Waals surface area contributed by atoms with Crippen LogP contribution in [0.15, 0.2) is 12.3 Å². The summed E-state index contributed by atoms with van der Waals surface area (Å²) in [4.78, 5) is 36.9. The van der Waals surface area contributed by atoms with E-state index in [2.05, 4.69) is 4.74 Å². The van der Waals surface area contributed by atoms with Crippen LogP contribution in [0.3, 0.4) is 0 Å². The van der Waals surface area contributed by atoms with E-state index in [9.17, 15) is 19.5 Å². The van der Waals surface area contributed by atoms with Crippen molar-refractivity contribution in [2.75, 3.05) is 13.7 Å². The van der Waals surface area contributed by atoms with Crippen LogP contribution in [-0.4, -0.2) is 58.0 Å². The van der Waals surface area contributed by atoms with Gasteiger partial charge in [-0.3, -0.25) is 9.59 Å². The first-order valence-electron chi connectivity index (χ1n) is 6.59. The Hall–Kier alpha value is -2.15. The fraction of sp³-hybridized carbons (Fsp3) is 0.500. The van der Waals surface area contributed by atoms with Crippen LogP contribution in [-0.2, 0) is 16.6 Å². The third-order valence-electron chi connectivity index (χ3n) is 3.64. The van der Waals surface area contributed by atoms with E-state index >= 15 is 0 Å². The molecule has 1 fully saturated rings. The highest BCUT2D eigenvalue weighted by Crippen LogP contribution is 2.22. The largest absolute Gasteiger partial charge is 0.467 e. The summed E-state index contributed by atoms with van der Waals surface area (Å²) in [5.74, 6) is -1.10. The standard InChI is InChI=1S/C14H18N2O5/c1-8(17)9-4-11(15(2)6-9)13(19)16-7-10(18)5-12(16)14(20)21-3/h4,6,10,12,18H,5,7H2,1-3H3. The van der Waals surface area contributed by atoms with Gasteiger partial charge in [0.25, 0.3) is 5.91 Å². The number of methoxy groups -OCH3 is 1. The van der Waals surface area contributed by atoms with Gasteiger partial charge in [-0.05, 0) is 13.0 Å². The molecule has 0 spiro atoms. The zero-order valence-corrected chi connectivity index (χ0v) is 12.2. The first-order valence-corrected chi connectivity index (χ1v) is 6.59. The summed E-state index contributed by atoms with van der Waals surface area (Å²) >= 11 is 0. The minimum Gasteiger partial charge on any atom is -0.467 e. The van der Waals surface area contributed by atoms with Gasteiger partial charge in [0, 0.05) is 31.8 Å². The summed E-state index contributed by atoms with van der Waals surface area (Å²) in [5, 5.41) is 9.71. The predicted octanol–water partition coefficient (Wildman–Crippen LogP) is -0.0239. The van der Waals surface area contributed by atoms with Gasteiger partial charge in [0.05, 0.1) is 13.2 Å². The molecule has 0 bridgehead atoms. The number of rotatable bonds is 3. The number of β-amino-alcohol motifs (C(OH)–C–C–N with tert-alkyl or cyclic N) is 1. The summed E-state index contributed by atoms with van der Waals surface area (Å²) in [6, 6.07) is 0.692. The molecular weight excluding hydrogens is 276 g/mol. The van der Waals surface area contributed by atoms with Gasteiger partial charge in [0.15, 0.2) is 5.78 Å². The summed E-state index contributed by atoms with van der Waals surface area (Å²) in [5.41, 5.74) is 0.721. The lowest BCUT2D eigenvalue weighted by atomic mass is 10.2. The molecule has 2 unspecified atom stereocenters. The molecular formula is C14H18N2O5. The maximum Gasteiger partial charge on any atom is 0.328 e. The van der Waals surface area contributed by atoms with Crippen molar-refractivity contribution >= 4 is 17.7 Å². The first kappa shape index (κ1) is 15.2. The summed E-state index contributed by atoms with van der Waals surface area (Å²) in [6.45, 7) is 1.49. The molecule has 0 aromatic carbocycles. The Kier molecular flexibility index (Phi) is 4.13. The van der Waals surface area contributed by atoms with E-state index in [1.54, 1.807) is 13.2 Å². The average Bonchev–Trinajstić information content (AvgIpc) is 3.00. The minimum absolute atomic E-state index is 0.0686. The molecule has 2 heterocycles. The Labute approximate surface area is 122 Å². The molecule has 1 aromatic heterocycles. The molecule has 1 amide bonds. The number of amides is 1. The zero-order chi connectivity index (χ0) is 15.7. The number of hydrogen-bond acceptors (Lipinski definition) is 5. The van der Waals surface area contributed by atoms with Crippen molar-refractivity contribution in [3.63, 3.8) is 0 Å². The van der Waals surface area contributed by atoms with Gasteiger partial charge in [0.2, 0.25) is 0 Å². The summed E-state index contributed by atoms with van der Waals surface area (Å²) in [7, 11) is 2.89. The van der Waals surface area contributed by atoms with Gasteiger partial charge in [-0.25, -0.2) is 4.79 Å². The van der Waals surface area contributed by atoms with Crippen molar-refractivity contribution in [2.45, 2.75) is 25.5 Å². The second kappa shape index (κ2) is 5.69. The molecule has 21 heavy (non-hydrogen) atoms. The molecule has 1 saturated heterocycles. The number of carbonyl (C=O) groups is 3. The van der Waals surface area contributed by atoms with E-state index < -0.39 is 24.0 Å². The molecule has 1 aliphatic heterocycles. The van der Waals surface area contributed by atoms with Crippen molar-refractivity contribution < 1.29 is 24.2 Å². The van der Waals surface area contributed by atoms with E-state index in [1.807, 2.05) is 0 Å². The molecule has 2 rings (SSSR count).